The van der Waals surface area contributed by atoms with Crippen molar-refractivity contribution in [1.29, 1.82) is 0 Å². The lowest BCUT2D eigenvalue weighted by atomic mass is 10.3. The van der Waals surface area contributed by atoms with Crippen molar-refractivity contribution in [1.82, 2.24) is 4.72 Å². The summed E-state index contributed by atoms with van der Waals surface area (Å²) in [4.78, 5) is 9.60. The fourth-order valence-corrected chi connectivity index (χ4v) is 1.37. The van der Waals surface area contributed by atoms with Crippen LogP contribution in [0.2, 0.25) is 0 Å². The third-order valence-corrected chi connectivity index (χ3v) is 2.32. The minimum atomic E-state index is -1.94. The van der Waals surface area contributed by atoms with E-state index in [-0.39, 0.29) is 11.9 Å². The van der Waals surface area contributed by atoms with E-state index >= 15 is 0 Å². The number of halogens is 5. The smallest absolute Gasteiger partial charge is 0.282 e. The van der Waals surface area contributed by atoms with Crippen molar-refractivity contribution in [3.8, 4) is 0 Å². The molecule has 0 aliphatic rings. The van der Waals surface area contributed by atoms with Crippen molar-refractivity contribution in [2.45, 2.75) is 4.90 Å². The molecule has 1 N–H and O–H groups in total. The Morgan fingerprint density at radius 2 is 1.80 bits per heavy atom. The van der Waals surface area contributed by atoms with Gasteiger partial charge in [-0.1, -0.05) is 0 Å². The van der Waals surface area contributed by atoms with Gasteiger partial charge in [0.25, 0.3) is 0 Å². The van der Waals surface area contributed by atoms with Gasteiger partial charge in [0.15, 0.2) is 23.3 Å². The molecular weight excluding hydrogens is 258 g/mol. The van der Waals surface area contributed by atoms with Gasteiger partial charge in [-0.2, -0.15) is 0 Å². The fraction of sp³-hybridized carbons (Fsp3) is 0. The van der Waals surface area contributed by atoms with Crippen molar-refractivity contribution in [3.05, 3.63) is 29.3 Å². The van der Waals surface area contributed by atoms with E-state index in [0.717, 1.165) is 0 Å². The zero-order valence-electron chi connectivity index (χ0n) is 6.78. The summed E-state index contributed by atoms with van der Waals surface area (Å²) in [5, 5.41) is -1.05. The molecule has 0 bridgehead atoms. The molecule has 15 heavy (non-hydrogen) atoms. The Balaban J connectivity index is 3.04. The molecule has 0 saturated heterocycles. The van der Waals surface area contributed by atoms with Crippen LogP contribution < -0.4 is 4.72 Å². The second-order valence-corrected chi connectivity index (χ2v) is 3.47. The molecule has 0 saturated carbocycles. The summed E-state index contributed by atoms with van der Waals surface area (Å²) in [6.07, 6.45) is 0. The van der Waals surface area contributed by atoms with Gasteiger partial charge in [0.2, 0.25) is 0 Å². The number of hydrogen-bond donors (Lipinski definition) is 1. The van der Waals surface area contributed by atoms with Crippen LogP contribution in [0.15, 0.2) is 11.0 Å². The zero-order valence-corrected chi connectivity index (χ0v) is 8.36. The van der Waals surface area contributed by atoms with Crippen LogP contribution in [0.1, 0.15) is 0 Å². The standard InChI is InChI=1S/C7H2ClF4NOS/c8-7(14)13-15-3-1-2(9)4(10)6(12)5(3)11/h1H,(H,13,14). The molecule has 0 atom stereocenters. The van der Waals surface area contributed by atoms with Crippen molar-refractivity contribution in [3.63, 3.8) is 0 Å². The summed E-state index contributed by atoms with van der Waals surface area (Å²) in [7, 11) is 0. The highest BCUT2D eigenvalue weighted by Gasteiger charge is 2.19. The normalized spacial score (nSPS) is 10.2. The average molecular weight is 260 g/mol. The number of amides is 1. The van der Waals surface area contributed by atoms with Gasteiger partial charge < -0.3 is 0 Å². The van der Waals surface area contributed by atoms with Gasteiger partial charge in [0.05, 0.1) is 4.90 Å². The lowest BCUT2D eigenvalue weighted by Crippen LogP contribution is -2.07. The number of carbonyl (C=O) groups is 1. The molecule has 8 heteroatoms. The Hall–Kier alpha value is -0.950. The molecule has 0 aromatic heterocycles. The highest BCUT2D eigenvalue weighted by Crippen LogP contribution is 2.25. The van der Waals surface area contributed by atoms with E-state index in [2.05, 4.69) is 0 Å². The van der Waals surface area contributed by atoms with Gasteiger partial charge in [-0.05, 0) is 29.6 Å². The summed E-state index contributed by atoms with van der Waals surface area (Å²) < 4.78 is 52.4. The van der Waals surface area contributed by atoms with Crippen LogP contribution in [0.5, 0.6) is 0 Å². The van der Waals surface area contributed by atoms with Crippen LogP contribution in [-0.4, -0.2) is 5.37 Å². The molecule has 0 radical (unpaired) electrons. The molecule has 0 unspecified atom stereocenters. The molecule has 1 aromatic rings. The van der Waals surface area contributed by atoms with E-state index in [0.29, 0.717) is 6.07 Å². The topological polar surface area (TPSA) is 29.1 Å². The average Bonchev–Trinajstić information content (AvgIpc) is 2.18. The molecule has 0 heterocycles. The third-order valence-electron chi connectivity index (χ3n) is 1.31. The summed E-state index contributed by atoms with van der Waals surface area (Å²) in [5.41, 5.74) is 0. The van der Waals surface area contributed by atoms with Crippen LogP contribution >= 0.6 is 23.5 Å². The second-order valence-electron chi connectivity index (χ2n) is 2.28. The first-order chi connectivity index (χ1) is 6.93. The van der Waals surface area contributed by atoms with Crippen LogP contribution in [0.3, 0.4) is 0 Å². The lowest BCUT2D eigenvalue weighted by molar-refractivity contribution is 0.264. The van der Waals surface area contributed by atoms with Gasteiger partial charge in [-0.3, -0.25) is 9.52 Å². The Kier molecular flexibility index (Phi) is 3.81. The summed E-state index contributed by atoms with van der Waals surface area (Å²) in [6.45, 7) is 0. The number of nitrogens with one attached hydrogen (secondary N) is 1. The van der Waals surface area contributed by atoms with Crippen molar-refractivity contribution in [2.75, 3.05) is 0 Å². The van der Waals surface area contributed by atoms with Gasteiger partial charge in [0, 0.05) is 0 Å². The van der Waals surface area contributed by atoms with E-state index in [1.807, 2.05) is 4.72 Å². The second kappa shape index (κ2) is 4.71. The Bertz CT molecular complexity index is 414. The van der Waals surface area contributed by atoms with Crippen molar-refractivity contribution in [2.24, 2.45) is 0 Å². The van der Waals surface area contributed by atoms with Gasteiger partial charge in [0.1, 0.15) is 0 Å². The molecule has 82 valence electrons. The summed E-state index contributed by atoms with van der Waals surface area (Å²) >= 11 is 5.08. The van der Waals surface area contributed by atoms with E-state index in [1.165, 1.54) is 0 Å². The largest absolute Gasteiger partial charge is 0.323 e. The van der Waals surface area contributed by atoms with E-state index < -0.39 is 33.5 Å². The first-order valence-corrected chi connectivity index (χ1v) is 4.58. The molecule has 0 aliphatic carbocycles. The zero-order chi connectivity index (χ0) is 11.6. The highest BCUT2D eigenvalue weighted by atomic mass is 35.5. The molecule has 1 aromatic carbocycles. The van der Waals surface area contributed by atoms with Crippen LogP contribution in [0, 0.1) is 23.3 Å². The van der Waals surface area contributed by atoms with Crippen LogP contribution in [0.4, 0.5) is 22.4 Å². The molecule has 2 nitrogen and oxygen atoms in total. The van der Waals surface area contributed by atoms with Crippen LogP contribution in [-0.2, 0) is 0 Å². The van der Waals surface area contributed by atoms with Crippen molar-refractivity contribution < 1.29 is 22.4 Å². The van der Waals surface area contributed by atoms with E-state index in [4.69, 9.17) is 11.6 Å². The maximum absolute atomic E-state index is 12.9. The molecule has 1 rings (SSSR count). The quantitative estimate of drug-likeness (QED) is 0.221. The number of carbonyl (C=O) groups excluding carboxylic acids is 1. The molecule has 0 spiro atoms. The maximum Gasteiger partial charge on any atom is 0.323 e. The first kappa shape index (κ1) is 12.1. The van der Waals surface area contributed by atoms with E-state index in [1.54, 1.807) is 0 Å². The molecule has 0 aliphatic heterocycles. The first-order valence-electron chi connectivity index (χ1n) is 3.38. The fourth-order valence-electron chi connectivity index (χ4n) is 0.721. The van der Waals surface area contributed by atoms with Gasteiger partial charge in [-0.15, -0.1) is 0 Å². The summed E-state index contributed by atoms with van der Waals surface area (Å²) in [5.74, 6) is -7.00. The number of hydrogen-bond acceptors (Lipinski definition) is 2. The maximum atomic E-state index is 12.9. The molecule has 1 amide bonds. The van der Waals surface area contributed by atoms with E-state index in [9.17, 15) is 22.4 Å². The van der Waals surface area contributed by atoms with Gasteiger partial charge >= 0.3 is 5.37 Å². The number of rotatable bonds is 2. The molecule has 0 fully saturated rings. The lowest BCUT2D eigenvalue weighted by Gasteiger charge is -2.04. The Morgan fingerprint density at radius 3 is 2.33 bits per heavy atom. The minimum Gasteiger partial charge on any atom is -0.282 e. The monoisotopic (exact) mass is 259 g/mol. The highest BCUT2D eigenvalue weighted by molar-refractivity contribution is 7.98. The van der Waals surface area contributed by atoms with Gasteiger partial charge in [-0.25, -0.2) is 17.6 Å². The SMILES string of the molecule is O=C(Cl)NSc1cc(F)c(F)c(F)c1F. The van der Waals surface area contributed by atoms with Crippen molar-refractivity contribution >= 4 is 28.9 Å². The summed E-state index contributed by atoms with van der Waals surface area (Å²) in [6, 6.07) is 0.408. The Morgan fingerprint density at radius 1 is 1.20 bits per heavy atom. The minimum absolute atomic E-state index is 0.239. The molecular formula is C7H2ClF4NOS. The Labute approximate surface area is 90.7 Å². The third kappa shape index (κ3) is 2.75. The predicted octanol–water partition coefficient (Wildman–Crippen LogP) is 3.20. The number of benzene rings is 1. The van der Waals surface area contributed by atoms with Crippen LogP contribution in [0.25, 0.3) is 0 Å². The predicted molar refractivity (Wildman–Crippen MR) is 46.5 cm³/mol.